The lowest BCUT2D eigenvalue weighted by Crippen LogP contribution is -2.30. The number of fused-ring (bicyclic) bond motifs is 1. The highest BCUT2D eigenvalue weighted by molar-refractivity contribution is 6.62. The van der Waals surface area contributed by atoms with Gasteiger partial charge in [0.1, 0.15) is 29.3 Å². The van der Waals surface area contributed by atoms with E-state index in [2.05, 4.69) is 34.6 Å². The van der Waals surface area contributed by atoms with Crippen molar-refractivity contribution in [3.05, 3.63) is 28.5 Å². The van der Waals surface area contributed by atoms with Crippen LogP contribution in [0.3, 0.4) is 0 Å². The summed E-state index contributed by atoms with van der Waals surface area (Å²) in [4.78, 5) is 56.4. The second-order valence-electron chi connectivity index (χ2n) is 8.80. The summed E-state index contributed by atoms with van der Waals surface area (Å²) in [7, 11) is 2.76. The van der Waals surface area contributed by atoms with Crippen LogP contribution in [0.2, 0.25) is 10.3 Å². The monoisotopic (exact) mass is 615 g/mol. The smallest absolute Gasteiger partial charge is 0.316 e. The molecule has 0 aliphatic carbocycles. The molecule has 4 N–H and O–H groups in total. The molecular weight excluding hydrogens is 589 g/mol. The summed E-state index contributed by atoms with van der Waals surface area (Å²) in [5.41, 5.74) is 11.7. The first-order valence-electron chi connectivity index (χ1n) is 12.0. The standard InChI is InChI=1S/C12H13ClN4O2.C7H10ClNO3.C4H5ClN4/c1-19-12(18)7-2-3-17(5-7)9-4-8-10(13)14-6-15-11(8)16-9;1-12-6(10)5-2-3-9(4-5)7(8)11;5-3-2(6)4(7)9-1-8-3/h6-7H,2-5H2,1H3;5H,2-4H2,1H3;1H,6H2,(H2,7,8,9). The number of halogens is 3. The lowest BCUT2D eigenvalue weighted by atomic mass is 10.1. The summed E-state index contributed by atoms with van der Waals surface area (Å²) < 4.78 is 9.32. The summed E-state index contributed by atoms with van der Waals surface area (Å²) >= 11 is 16.7. The van der Waals surface area contributed by atoms with Gasteiger partial charge in [0.15, 0.2) is 16.8 Å². The van der Waals surface area contributed by atoms with Gasteiger partial charge in [-0.1, -0.05) is 23.2 Å². The van der Waals surface area contributed by atoms with Gasteiger partial charge in [0.25, 0.3) is 0 Å². The number of amides is 1. The average Bonchev–Trinajstić information content (AvgIpc) is 3.71. The molecule has 0 spiro atoms. The molecule has 3 aliphatic heterocycles. The first-order valence-corrected chi connectivity index (χ1v) is 13.1. The van der Waals surface area contributed by atoms with Crippen LogP contribution in [0.4, 0.5) is 22.1 Å². The summed E-state index contributed by atoms with van der Waals surface area (Å²) in [6.45, 7) is 2.37. The normalized spacial score (nSPS) is 19.0. The van der Waals surface area contributed by atoms with Crippen LogP contribution < -0.4 is 11.5 Å². The van der Waals surface area contributed by atoms with Gasteiger partial charge in [0.05, 0.1) is 26.1 Å². The first-order chi connectivity index (χ1) is 19.0. The lowest BCUT2D eigenvalue weighted by Gasteiger charge is -2.17. The van der Waals surface area contributed by atoms with Crippen LogP contribution >= 0.6 is 34.8 Å². The van der Waals surface area contributed by atoms with Crippen molar-refractivity contribution < 1.29 is 23.9 Å². The van der Waals surface area contributed by atoms with Crippen LogP contribution in [0.25, 0.3) is 0 Å². The minimum atomic E-state index is -0.499. The first kappa shape index (κ1) is 31.0. The molecule has 2 fully saturated rings. The number of nitrogens with zero attached hydrogens (tertiary/aromatic N) is 7. The topological polar surface area (TPSA) is 192 Å². The van der Waals surface area contributed by atoms with Crippen LogP contribution in [0.5, 0.6) is 0 Å². The van der Waals surface area contributed by atoms with Gasteiger partial charge in [-0.15, -0.1) is 0 Å². The zero-order valence-electron chi connectivity index (χ0n) is 21.7. The molecule has 0 radical (unpaired) electrons. The molecule has 40 heavy (non-hydrogen) atoms. The third-order valence-corrected chi connectivity index (χ3v) is 7.23. The van der Waals surface area contributed by atoms with E-state index in [-0.39, 0.29) is 40.4 Å². The Kier molecular flexibility index (Phi) is 11.0. The number of esters is 2. The van der Waals surface area contributed by atoms with Crippen LogP contribution in [-0.2, 0) is 25.5 Å². The third kappa shape index (κ3) is 7.79. The van der Waals surface area contributed by atoms with Crippen LogP contribution in [0.15, 0.2) is 17.6 Å². The number of aliphatic imine (C=N–C) groups is 1. The molecule has 2 unspecified atom stereocenters. The fraction of sp³-hybridized carbons (Fsp3) is 0.478. The number of nitrogen functional groups attached to an aromatic ring is 2. The van der Waals surface area contributed by atoms with E-state index in [1.54, 1.807) is 0 Å². The molecule has 0 bridgehead atoms. The lowest BCUT2D eigenvalue weighted by molar-refractivity contribution is -0.145. The highest BCUT2D eigenvalue weighted by Gasteiger charge is 2.33. The van der Waals surface area contributed by atoms with Crippen molar-refractivity contribution in [1.29, 1.82) is 0 Å². The Morgan fingerprint density at radius 3 is 2.05 bits per heavy atom. The maximum Gasteiger partial charge on any atom is 0.316 e. The highest BCUT2D eigenvalue weighted by atomic mass is 35.5. The van der Waals surface area contributed by atoms with E-state index in [0.29, 0.717) is 43.4 Å². The number of carbonyl (C=O) groups excluding carboxylic acids is 3. The van der Waals surface area contributed by atoms with Crippen molar-refractivity contribution in [2.24, 2.45) is 16.8 Å². The molecule has 2 aromatic heterocycles. The van der Waals surface area contributed by atoms with E-state index in [9.17, 15) is 14.4 Å². The van der Waals surface area contributed by atoms with E-state index >= 15 is 0 Å². The van der Waals surface area contributed by atoms with Crippen molar-refractivity contribution in [2.45, 2.75) is 19.3 Å². The molecule has 216 valence electrons. The number of methoxy groups -OCH3 is 2. The maximum absolute atomic E-state index is 11.5. The second-order valence-corrected chi connectivity index (χ2v) is 9.84. The predicted molar refractivity (Wildman–Crippen MR) is 148 cm³/mol. The van der Waals surface area contributed by atoms with Gasteiger partial charge in [-0.25, -0.2) is 24.9 Å². The highest BCUT2D eigenvalue weighted by Crippen LogP contribution is 2.31. The van der Waals surface area contributed by atoms with Crippen LogP contribution in [0, 0.1) is 11.8 Å². The summed E-state index contributed by atoms with van der Waals surface area (Å²) in [5.74, 6) is 1.07. The molecule has 14 nitrogen and oxygen atoms in total. The largest absolute Gasteiger partial charge is 0.469 e. The van der Waals surface area contributed by atoms with E-state index in [4.69, 9.17) is 51.0 Å². The van der Waals surface area contributed by atoms with E-state index < -0.39 is 5.37 Å². The number of hydrogen-bond acceptors (Lipinski definition) is 13. The molecule has 3 aliphatic rings. The Morgan fingerprint density at radius 2 is 1.50 bits per heavy atom. The molecule has 0 aromatic carbocycles. The van der Waals surface area contributed by atoms with Crippen molar-refractivity contribution >= 4 is 75.3 Å². The van der Waals surface area contributed by atoms with Gasteiger partial charge in [0.2, 0.25) is 0 Å². The summed E-state index contributed by atoms with van der Waals surface area (Å²) in [6.07, 6.45) is 4.73. The maximum atomic E-state index is 11.5. The van der Waals surface area contributed by atoms with Crippen LogP contribution in [0.1, 0.15) is 18.4 Å². The second kappa shape index (κ2) is 14.2. The minimum absolute atomic E-state index is 0.0713. The number of carbonyl (C=O) groups is 3. The Labute approximate surface area is 245 Å². The average molecular weight is 617 g/mol. The van der Waals surface area contributed by atoms with Gasteiger partial charge >= 0.3 is 17.3 Å². The molecule has 17 heteroatoms. The minimum Gasteiger partial charge on any atom is -0.469 e. The van der Waals surface area contributed by atoms with Gasteiger partial charge < -0.3 is 30.7 Å². The third-order valence-electron chi connectivity index (χ3n) is 6.37. The van der Waals surface area contributed by atoms with E-state index in [1.807, 2.05) is 0 Å². The zero-order valence-corrected chi connectivity index (χ0v) is 24.0. The van der Waals surface area contributed by atoms with Gasteiger partial charge in [-0.05, 0) is 24.4 Å². The molecule has 5 heterocycles. The summed E-state index contributed by atoms with van der Waals surface area (Å²) in [6, 6.07) is 0. The quantitative estimate of drug-likeness (QED) is 0.217. The molecule has 0 saturated carbocycles. The molecule has 5 rings (SSSR count). The number of aromatic nitrogens is 4. The van der Waals surface area contributed by atoms with E-state index in [0.717, 1.165) is 24.4 Å². The van der Waals surface area contributed by atoms with Crippen LogP contribution in [-0.4, -0.2) is 93.3 Å². The fourth-order valence-electron chi connectivity index (χ4n) is 4.15. The van der Waals surface area contributed by atoms with Crippen molar-refractivity contribution in [2.75, 3.05) is 51.9 Å². The number of anilines is 2. The number of amidine groups is 1. The summed E-state index contributed by atoms with van der Waals surface area (Å²) in [5, 5.41) is 0.149. The molecule has 2 saturated heterocycles. The SMILES string of the molecule is COC(=O)C1CCN(C(=O)Cl)C1.COC(=O)C1CCN(C2=Nc3ncnc(Cl)c3C2)C1.Nc1ncnc(Cl)c1N. The molecule has 2 aromatic rings. The molecule has 2 atom stereocenters. The van der Waals surface area contributed by atoms with Crippen molar-refractivity contribution in [3.8, 4) is 0 Å². The number of rotatable bonds is 2. The number of likely N-dealkylation sites (tertiary alicyclic amines) is 2. The Bertz CT molecular complexity index is 1260. The predicted octanol–water partition coefficient (Wildman–Crippen LogP) is 2.35. The number of hydrogen-bond donors (Lipinski definition) is 2. The number of nitrogens with two attached hydrogens (primary N) is 2. The Balaban J connectivity index is 0.000000180. The van der Waals surface area contributed by atoms with Crippen molar-refractivity contribution in [1.82, 2.24) is 29.7 Å². The Morgan fingerprint density at radius 1 is 0.900 bits per heavy atom. The van der Waals surface area contributed by atoms with Gasteiger partial charge in [-0.2, -0.15) is 0 Å². The Hall–Kier alpha value is -3.49. The van der Waals surface area contributed by atoms with Gasteiger partial charge in [-0.3, -0.25) is 14.4 Å². The van der Waals surface area contributed by atoms with Crippen molar-refractivity contribution in [3.63, 3.8) is 0 Å². The fourth-order valence-corrected chi connectivity index (χ4v) is 4.64. The molecule has 1 amide bonds. The molecular formula is C23H28Cl3N9O5. The zero-order chi connectivity index (χ0) is 29.4. The number of ether oxygens (including phenoxy) is 2. The van der Waals surface area contributed by atoms with E-state index in [1.165, 1.54) is 31.8 Å². The van der Waals surface area contributed by atoms with Gasteiger partial charge in [0, 0.05) is 38.2 Å².